The maximum atomic E-state index is 12.3. The van der Waals surface area contributed by atoms with Gasteiger partial charge in [-0.3, -0.25) is 4.79 Å². The zero-order valence-corrected chi connectivity index (χ0v) is 11.0. The summed E-state index contributed by atoms with van der Waals surface area (Å²) in [6.07, 6.45) is 4.81. The molecule has 0 radical (unpaired) electrons. The largest absolute Gasteiger partial charge is 0.299 e. The summed E-state index contributed by atoms with van der Waals surface area (Å²) in [6.45, 7) is 9.53. The molecule has 16 heavy (non-hydrogen) atoms. The number of fused-ring (bicyclic) bond motifs is 4. The van der Waals surface area contributed by atoms with Crippen LogP contribution < -0.4 is 0 Å². The first-order valence-electron chi connectivity index (χ1n) is 6.90. The van der Waals surface area contributed by atoms with Crippen molar-refractivity contribution in [1.82, 2.24) is 0 Å². The van der Waals surface area contributed by atoms with Gasteiger partial charge in [0.25, 0.3) is 0 Å². The van der Waals surface area contributed by atoms with Crippen LogP contribution in [0.25, 0.3) is 0 Å². The first kappa shape index (κ1) is 10.8. The molecule has 1 nitrogen and oxygen atoms in total. The van der Waals surface area contributed by atoms with E-state index in [9.17, 15) is 4.79 Å². The lowest BCUT2D eigenvalue weighted by molar-refractivity contribution is -0.133. The summed E-state index contributed by atoms with van der Waals surface area (Å²) in [5, 5.41) is 0. The standard InChI is InChI=1S/C15H24O/c1-9-7-12(16)13-11(9)8-10-5-6-15(13,4)14(10,2)3/h9-11,13H,5-8H2,1-4H3. The zero-order valence-electron chi connectivity index (χ0n) is 11.0. The third-order valence-corrected chi connectivity index (χ3v) is 6.78. The minimum atomic E-state index is 0.294. The number of carbonyl (C=O) groups is 1. The summed E-state index contributed by atoms with van der Waals surface area (Å²) in [4.78, 5) is 12.3. The normalized spacial score (nSPS) is 54.1. The third-order valence-electron chi connectivity index (χ3n) is 6.78. The van der Waals surface area contributed by atoms with Crippen LogP contribution >= 0.6 is 0 Å². The van der Waals surface area contributed by atoms with Crippen LogP contribution in [0, 0.1) is 34.5 Å². The summed E-state index contributed by atoms with van der Waals surface area (Å²) in [6, 6.07) is 0. The Morgan fingerprint density at radius 2 is 1.94 bits per heavy atom. The molecule has 0 saturated heterocycles. The van der Waals surface area contributed by atoms with Crippen LogP contribution in [0.2, 0.25) is 0 Å². The highest BCUT2D eigenvalue weighted by Crippen LogP contribution is 2.69. The van der Waals surface area contributed by atoms with Crippen molar-refractivity contribution in [3.05, 3.63) is 0 Å². The second kappa shape index (κ2) is 2.91. The van der Waals surface area contributed by atoms with E-state index < -0.39 is 0 Å². The highest BCUT2D eigenvalue weighted by Gasteiger charge is 2.64. The van der Waals surface area contributed by atoms with Crippen molar-refractivity contribution < 1.29 is 4.79 Å². The van der Waals surface area contributed by atoms with Gasteiger partial charge in [-0.1, -0.05) is 27.7 Å². The molecule has 0 N–H and O–H groups in total. The van der Waals surface area contributed by atoms with E-state index in [0.29, 0.717) is 34.4 Å². The quantitative estimate of drug-likeness (QED) is 0.608. The Bertz CT molecular complexity index is 343. The monoisotopic (exact) mass is 220 g/mol. The predicted octanol–water partition coefficient (Wildman–Crippen LogP) is 3.67. The maximum Gasteiger partial charge on any atom is 0.137 e. The fraction of sp³-hybridized carbons (Fsp3) is 0.933. The van der Waals surface area contributed by atoms with Gasteiger partial charge in [0.15, 0.2) is 0 Å². The average Bonchev–Trinajstić information content (AvgIpc) is 2.52. The lowest BCUT2D eigenvalue weighted by Gasteiger charge is -2.52. The lowest BCUT2D eigenvalue weighted by Crippen LogP contribution is -2.49. The average molecular weight is 220 g/mol. The number of ketones is 1. The van der Waals surface area contributed by atoms with Crippen LogP contribution in [0.3, 0.4) is 0 Å². The van der Waals surface area contributed by atoms with E-state index in [1.54, 1.807) is 0 Å². The summed E-state index contributed by atoms with van der Waals surface area (Å²) >= 11 is 0. The van der Waals surface area contributed by atoms with Crippen molar-refractivity contribution in [3.8, 4) is 0 Å². The number of hydrogen-bond donors (Lipinski definition) is 0. The molecule has 3 aliphatic rings. The molecule has 90 valence electrons. The Morgan fingerprint density at radius 3 is 2.62 bits per heavy atom. The van der Waals surface area contributed by atoms with E-state index in [4.69, 9.17) is 0 Å². The smallest absolute Gasteiger partial charge is 0.137 e. The number of hydrogen-bond acceptors (Lipinski definition) is 1. The molecule has 0 aromatic rings. The molecule has 0 aromatic heterocycles. The Balaban J connectivity index is 2.07. The minimum Gasteiger partial charge on any atom is -0.299 e. The summed E-state index contributed by atoms with van der Waals surface area (Å²) in [7, 11) is 0. The van der Waals surface area contributed by atoms with Crippen molar-refractivity contribution in [2.45, 2.75) is 53.4 Å². The molecule has 3 saturated carbocycles. The van der Waals surface area contributed by atoms with E-state index in [-0.39, 0.29) is 0 Å². The van der Waals surface area contributed by atoms with Crippen molar-refractivity contribution >= 4 is 5.78 Å². The highest BCUT2D eigenvalue weighted by molar-refractivity contribution is 5.85. The van der Waals surface area contributed by atoms with Crippen molar-refractivity contribution in [3.63, 3.8) is 0 Å². The Kier molecular flexibility index (Phi) is 1.97. The Hall–Kier alpha value is -0.330. The van der Waals surface area contributed by atoms with Crippen LogP contribution in [0.15, 0.2) is 0 Å². The molecule has 0 aliphatic heterocycles. The van der Waals surface area contributed by atoms with Gasteiger partial charge in [0.05, 0.1) is 0 Å². The lowest BCUT2D eigenvalue weighted by atomic mass is 9.51. The zero-order chi connectivity index (χ0) is 11.7. The van der Waals surface area contributed by atoms with Crippen LogP contribution in [0.1, 0.15) is 53.4 Å². The molecule has 5 unspecified atom stereocenters. The van der Waals surface area contributed by atoms with Crippen LogP contribution in [0.5, 0.6) is 0 Å². The maximum absolute atomic E-state index is 12.3. The van der Waals surface area contributed by atoms with Crippen molar-refractivity contribution in [2.24, 2.45) is 34.5 Å². The second-order valence-electron chi connectivity index (χ2n) is 7.40. The van der Waals surface area contributed by atoms with Gasteiger partial charge in [0, 0.05) is 12.3 Å². The number of Topliss-reactive ketones (excluding diaryl/α,β-unsaturated/α-hetero) is 1. The van der Waals surface area contributed by atoms with Crippen LogP contribution in [0.4, 0.5) is 0 Å². The first-order chi connectivity index (χ1) is 7.38. The summed E-state index contributed by atoms with van der Waals surface area (Å²) in [5.41, 5.74) is 0.677. The molecule has 3 fully saturated rings. The predicted molar refractivity (Wildman–Crippen MR) is 65.0 cm³/mol. The summed E-state index contributed by atoms with van der Waals surface area (Å²) < 4.78 is 0. The molecule has 3 rings (SSSR count). The van der Waals surface area contributed by atoms with E-state index >= 15 is 0 Å². The number of carbonyl (C=O) groups excluding carboxylic acids is 1. The fourth-order valence-corrected chi connectivity index (χ4v) is 5.28. The Morgan fingerprint density at radius 1 is 1.25 bits per heavy atom. The molecule has 2 bridgehead atoms. The molecule has 0 amide bonds. The first-order valence-corrected chi connectivity index (χ1v) is 6.90. The second-order valence-corrected chi connectivity index (χ2v) is 7.40. The van der Waals surface area contributed by atoms with Crippen LogP contribution in [-0.2, 0) is 4.79 Å². The van der Waals surface area contributed by atoms with E-state index in [0.717, 1.165) is 12.3 Å². The van der Waals surface area contributed by atoms with Crippen molar-refractivity contribution in [1.29, 1.82) is 0 Å². The minimum absolute atomic E-state index is 0.294. The fourth-order valence-electron chi connectivity index (χ4n) is 5.28. The molecular formula is C15H24O. The molecular weight excluding hydrogens is 196 g/mol. The van der Waals surface area contributed by atoms with E-state index in [1.807, 2.05) is 0 Å². The topological polar surface area (TPSA) is 17.1 Å². The van der Waals surface area contributed by atoms with Gasteiger partial charge in [-0.2, -0.15) is 0 Å². The Labute approximate surface area is 99.0 Å². The van der Waals surface area contributed by atoms with Gasteiger partial charge in [0.2, 0.25) is 0 Å². The van der Waals surface area contributed by atoms with Gasteiger partial charge in [-0.15, -0.1) is 0 Å². The van der Waals surface area contributed by atoms with E-state index in [1.165, 1.54) is 19.3 Å². The van der Waals surface area contributed by atoms with Gasteiger partial charge in [-0.25, -0.2) is 0 Å². The summed E-state index contributed by atoms with van der Waals surface area (Å²) in [5.74, 6) is 3.18. The third kappa shape index (κ3) is 1.01. The molecule has 0 heterocycles. The van der Waals surface area contributed by atoms with Gasteiger partial charge in [-0.05, 0) is 47.8 Å². The van der Waals surface area contributed by atoms with Gasteiger partial charge >= 0.3 is 0 Å². The molecule has 5 atom stereocenters. The number of rotatable bonds is 0. The molecule has 3 aliphatic carbocycles. The molecule has 0 aromatic carbocycles. The van der Waals surface area contributed by atoms with E-state index in [2.05, 4.69) is 27.7 Å². The van der Waals surface area contributed by atoms with Crippen molar-refractivity contribution in [2.75, 3.05) is 0 Å². The van der Waals surface area contributed by atoms with Gasteiger partial charge < -0.3 is 0 Å². The van der Waals surface area contributed by atoms with Gasteiger partial charge in [0.1, 0.15) is 5.78 Å². The SMILES string of the molecule is CC1CC(=O)C2C1CC1CCC2(C)C1(C)C. The molecule has 1 heteroatoms. The highest BCUT2D eigenvalue weighted by atomic mass is 16.1. The molecule has 0 spiro atoms. The van der Waals surface area contributed by atoms with Crippen LogP contribution in [-0.4, -0.2) is 5.78 Å².